The number of hydrogen-bond acceptors (Lipinski definition) is 4. The molecule has 2 amide bonds. The third-order valence-corrected chi connectivity index (χ3v) is 4.12. The molecule has 2 N–H and O–H groups in total. The SMILES string of the molecule is Cc1nn(-c2ccccc2)c(C)c1NC(=O)CNC(=O)COc1ccccc1. The third-order valence-electron chi connectivity index (χ3n) is 4.12. The van der Waals surface area contributed by atoms with Crippen molar-refractivity contribution in [3.8, 4) is 11.4 Å². The molecule has 7 heteroatoms. The van der Waals surface area contributed by atoms with Gasteiger partial charge in [-0.15, -0.1) is 0 Å². The molecular formula is C21H22N4O3. The van der Waals surface area contributed by atoms with Gasteiger partial charge in [0.05, 0.1) is 29.3 Å². The minimum atomic E-state index is -0.368. The zero-order valence-electron chi connectivity index (χ0n) is 15.8. The van der Waals surface area contributed by atoms with Crippen LogP contribution in [0.5, 0.6) is 5.75 Å². The van der Waals surface area contributed by atoms with E-state index in [9.17, 15) is 9.59 Å². The minimum absolute atomic E-state index is 0.146. The van der Waals surface area contributed by atoms with Crippen LogP contribution in [0.3, 0.4) is 0 Å². The summed E-state index contributed by atoms with van der Waals surface area (Å²) in [4.78, 5) is 24.1. The van der Waals surface area contributed by atoms with Gasteiger partial charge in [-0.1, -0.05) is 36.4 Å². The van der Waals surface area contributed by atoms with E-state index in [1.807, 2.05) is 62.4 Å². The van der Waals surface area contributed by atoms with Crippen molar-refractivity contribution in [3.05, 3.63) is 72.1 Å². The summed E-state index contributed by atoms with van der Waals surface area (Å²) in [6.07, 6.45) is 0. The molecule has 1 heterocycles. The van der Waals surface area contributed by atoms with Gasteiger partial charge in [-0.3, -0.25) is 9.59 Å². The van der Waals surface area contributed by atoms with Crippen molar-refractivity contribution in [1.29, 1.82) is 0 Å². The maximum atomic E-state index is 12.2. The summed E-state index contributed by atoms with van der Waals surface area (Å²) in [5.74, 6) is -0.0963. The first-order valence-corrected chi connectivity index (χ1v) is 8.90. The van der Waals surface area contributed by atoms with Crippen LogP contribution in [0.25, 0.3) is 5.69 Å². The summed E-state index contributed by atoms with van der Waals surface area (Å²) in [6.45, 7) is 3.41. The highest BCUT2D eigenvalue weighted by Crippen LogP contribution is 2.22. The van der Waals surface area contributed by atoms with Crippen LogP contribution in [-0.2, 0) is 9.59 Å². The van der Waals surface area contributed by atoms with Crippen LogP contribution in [0.2, 0.25) is 0 Å². The first kappa shape index (κ1) is 19.2. The van der Waals surface area contributed by atoms with Crippen molar-refractivity contribution in [2.75, 3.05) is 18.5 Å². The zero-order valence-corrected chi connectivity index (χ0v) is 15.8. The molecule has 0 aliphatic rings. The summed E-state index contributed by atoms with van der Waals surface area (Å²) >= 11 is 0. The Bertz CT molecular complexity index is 953. The Morgan fingerprint density at radius 1 is 0.964 bits per heavy atom. The van der Waals surface area contributed by atoms with Crippen LogP contribution in [0.4, 0.5) is 5.69 Å². The molecular weight excluding hydrogens is 356 g/mol. The molecule has 0 atom stereocenters. The van der Waals surface area contributed by atoms with Gasteiger partial charge in [-0.2, -0.15) is 5.10 Å². The van der Waals surface area contributed by atoms with Crippen molar-refractivity contribution in [2.24, 2.45) is 0 Å². The van der Waals surface area contributed by atoms with Crippen molar-refractivity contribution in [1.82, 2.24) is 15.1 Å². The molecule has 0 saturated heterocycles. The smallest absolute Gasteiger partial charge is 0.258 e. The fourth-order valence-corrected chi connectivity index (χ4v) is 2.72. The number of hydrogen-bond donors (Lipinski definition) is 2. The second kappa shape index (κ2) is 8.85. The maximum Gasteiger partial charge on any atom is 0.258 e. The Balaban J connectivity index is 1.54. The molecule has 0 saturated carbocycles. The van der Waals surface area contributed by atoms with E-state index in [-0.39, 0.29) is 25.0 Å². The number of aryl methyl sites for hydroxylation is 1. The summed E-state index contributed by atoms with van der Waals surface area (Å²) in [5.41, 5.74) is 3.07. The summed E-state index contributed by atoms with van der Waals surface area (Å²) < 4.78 is 7.13. The van der Waals surface area contributed by atoms with Gasteiger partial charge in [0.25, 0.3) is 5.91 Å². The number of aromatic nitrogens is 2. The Hall–Kier alpha value is -3.61. The van der Waals surface area contributed by atoms with Gasteiger partial charge in [0.1, 0.15) is 5.75 Å². The fraction of sp³-hybridized carbons (Fsp3) is 0.190. The summed E-state index contributed by atoms with van der Waals surface area (Å²) in [5, 5.41) is 9.85. The van der Waals surface area contributed by atoms with Gasteiger partial charge in [-0.25, -0.2) is 4.68 Å². The van der Waals surface area contributed by atoms with E-state index in [1.165, 1.54) is 0 Å². The molecule has 3 rings (SSSR count). The second-order valence-corrected chi connectivity index (χ2v) is 6.22. The van der Waals surface area contributed by atoms with Crippen LogP contribution in [0.15, 0.2) is 60.7 Å². The van der Waals surface area contributed by atoms with Gasteiger partial charge < -0.3 is 15.4 Å². The topological polar surface area (TPSA) is 85.3 Å². The molecule has 144 valence electrons. The third kappa shape index (κ3) is 4.76. The predicted molar refractivity (Wildman–Crippen MR) is 107 cm³/mol. The molecule has 0 unspecified atom stereocenters. The fourth-order valence-electron chi connectivity index (χ4n) is 2.72. The molecule has 0 aliphatic heterocycles. The molecule has 0 fully saturated rings. The Kier molecular flexibility index (Phi) is 6.06. The first-order chi connectivity index (χ1) is 13.5. The predicted octanol–water partition coefficient (Wildman–Crippen LogP) is 2.62. The number of carbonyl (C=O) groups is 2. The van der Waals surface area contributed by atoms with Gasteiger partial charge in [0.15, 0.2) is 6.61 Å². The molecule has 28 heavy (non-hydrogen) atoms. The number of rotatable bonds is 7. The van der Waals surface area contributed by atoms with E-state index in [1.54, 1.807) is 16.8 Å². The number of benzene rings is 2. The van der Waals surface area contributed by atoms with Crippen molar-refractivity contribution in [2.45, 2.75) is 13.8 Å². The van der Waals surface area contributed by atoms with Crippen LogP contribution in [-0.4, -0.2) is 34.7 Å². The van der Waals surface area contributed by atoms with Crippen molar-refractivity contribution < 1.29 is 14.3 Å². The van der Waals surface area contributed by atoms with E-state index in [4.69, 9.17) is 4.74 Å². The van der Waals surface area contributed by atoms with Crippen LogP contribution >= 0.6 is 0 Å². The average molecular weight is 378 g/mol. The minimum Gasteiger partial charge on any atom is -0.484 e. The lowest BCUT2D eigenvalue weighted by atomic mass is 10.3. The second-order valence-electron chi connectivity index (χ2n) is 6.22. The quantitative estimate of drug-likeness (QED) is 0.662. The van der Waals surface area contributed by atoms with Crippen LogP contribution < -0.4 is 15.4 Å². The van der Waals surface area contributed by atoms with Gasteiger partial charge in [0, 0.05) is 0 Å². The van der Waals surface area contributed by atoms with Crippen LogP contribution in [0, 0.1) is 13.8 Å². The molecule has 3 aromatic rings. The average Bonchev–Trinajstić information content (AvgIpc) is 3.00. The van der Waals surface area contributed by atoms with Crippen molar-refractivity contribution >= 4 is 17.5 Å². The largest absolute Gasteiger partial charge is 0.484 e. The maximum absolute atomic E-state index is 12.2. The Morgan fingerprint density at radius 3 is 2.29 bits per heavy atom. The van der Waals surface area contributed by atoms with Gasteiger partial charge in [0.2, 0.25) is 5.91 Å². The molecule has 0 aliphatic carbocycles. The number of anilines is 1. The number of nitrogens with one attached hydrogen (secondary N) is 2. The molecule has 2 aromatic carbocycles. The molecule has 1 aromatic heterocycles. The first-order valence-electron chi connectivity index (χ1n) is 8.90. The van der Waals surface area contributed by atoms with E-state index >= 15 is 0 Å². The van der Waals surface area contributed by atoms with E-state index < -0.39 is 0 Å². The van der Waals surface area contributed by atoms with E-state index in [0.717, 1.165) is 11.4 Å². The number of nitrogens with zero attached hydrogens (tertiary/aromatic N) is 2. The number of para-hydroxylation sites is 2. The molecule has 0 bridgehead atoms. The monoisotopic (exact) mass is 378 g/mol. The Morgan fingerprint density at radius 2 is 1.61 bits per heavy atom. The summed E-state index contributed by atoms with van der Waals surface area (Å²) in [6, 6.07) is 18.7. The Labute approximate surface area is 163 Å². The molecule has 0 spiro atoms. The highest BCUT2D eigenvalue weighted by atomic mass is 16.5. The lowest BCUT2D eigenvalue weighted by molar-refractivity contribution is -0.125. The number of carbonyl (C=O) groups excluding carboxylic acids is 2. The standard InChI is InChI=1S/C21H22N4O3/c1-15-21(16(2)25(24-15)17-9-5-3-6-10-17)23-19(26)13-22-20(27)14-28-18-11-7-4-8-12-18/h3-12H,13-14H2,1-2H3,(H,22,27)(H,23,26). The number of amides is 2. The van der Waals surface area contributed by atoms with E-state index in [0.29, 0.717) is 17.1 Å². The summed E-state index contributed by atoms with van der Waals surface area (Å²) in [7, 11) is 0. The van der Waals surface area contributed by atoms with Crippen molar-refractivity contribution in [3.63, 3.8) is 0 Å². The highest BCUT2D eigenvalue weighted by Gasteiger charge is 2.15. The van der Waals surface area contributed by atoms with Gasteiger partial charge in [-0.05, 0) is 38.1 Å². The van der Waals surface area contributed by atoms with Crippen LogP contribution in [0.1, 0.15) is 11.4 Å². The molecule has 7 nitrogen and oxygen atoms in total. The number of ether oxygens (including phenoxy) is 1. The zero-order chi connectivity index (χ0) is 19.9. The lowest BCUT2D eigenvalue weighted by Crippen LogP contribution is -2.35. The molecule has 0 radical (unpaired) electrons. The highest BCUT2D eigenvalue weighted by molar-refractivity contribution is 5.95. The normalized spacial score (nSPS) is 10.4. The lowest BCUT2D eigenvalue weighted by Gasteiger charge is -2.09. The van der Waals surface area contributed by atoms with E-state index in [2.05, 4.69) is 15.7 Å². The van der Waals surface area contributed by atoms with Gasteiger partial charge >= 0.3 is 0 Å².